The third-order valence-electron chi connectivity index (χ3n) is 5.01. The van der Waals surface area contributed by atoms with E-state index in [1.165, 1.54) is 22.7 Å². The van der Waals surface area contributed by atoms with Crippen LogP contribution >= 0.6 is 22.7 Å². The molecule has 0 fully saturated rings. The van der Waals surface area contributed by atoms with Crippen LogP contribution < -0.4 is 14.8 Å². The van der Waals surface area contributed by atoms with E-state index in [2.05, 4.69) is 43.1 Å². The summed E-state index contributed by atoms with van der Waals surface area (Å²) in [6, 6.07) is 16.4. The van der Waals surface area contributed by atoms with Crippen LogP contribution in [0.25, 0.3) is 21.9 Å². The molecule has 4 rings (SSSR count). The number of para-hydroxylation sites is 1. The van der Waals surface area contributed by atoms with Gasteiger partial charge >= 0.3 is 0 Å². The molecule has 0 unspecified atom stereocenters. The van der Waals surface area contributed by atoms with Crippen LogP contribution in [-0.4, -0.2) is 9.55 Å². The molecule has 0 bridgehead atoms. The Kier molecular flexibility index (Phi) is 5.90. The van der Waals surface area contributed by atoms with Crippen molar-refractivity contribution in [2.75, 3.05) is 0 Å². The average Bonchev–Trinajstić information content (AvgIpc) is 3.28. The molecule has 0 spiro atoms. The van der Waals surface area contributed by atoms with Crippen LogP contribution in [0.4, 0.5) is 0 Å². The lowest BCUT2D eigenvalue weighted by molar-refractivity contribution is 0.508. The molecule has 0 N–H and O–H groups in total. The maximum absolute atomic E-state index is 13.4. The van der Waals surface area contributed by atoms with Gasteiger partial charge in [0.1, 0.15) is 21.3 Å². The van der Waals surface area contributed by atoms with E-state index in [-0.39, 0.29) is 11.5 Å². The monoisotopic (exact) mass is 445 g/mol. The summed E-state index contributed by atoms with van der Waals surface area (Å²) in [5.74, 6) is 0.273. The normalized spacial score (nSPS) is 13.1. The first-order valence-electron chi connectivity index (χ1n) is 10.2. The second-order valence-electron chi connectivity index (χ2n) is 8.06. The summed E-state index contributed by atoms with van der Waals surface area (Å²) in [5.41, 5.74) is 4.57. The minimum Gasteiger partial charge on any atom is -0.298 e. The lowest BCUT2D eigenvalue weighted by Gasteiger charge is -2.05. The molecule has 4 nitrogen and oxygen atoms in total. The molecule has 4 aromatic rings. The Morgan fingerprint density at radius 2 is 1.97 bits per heavy atom. The predicted molar refractivity (Wildman–Crippen MR) is 130 cm³/mol. The number of aromatic nitrogens is 2. The van der Waals surface area contributed by atoms with Crippen LogP contribution in [-0.2, 0) is 6.54 Å². The first-order chi connectivity index (χ1) is 14.9. The number of hydrogen-bond donors (Lipinski definition) is 0. The quantitative estimate of drug-likeness (QED) is 0.469. The van der Waals surface area contributed by atoms with Crippen molar-refractivity contribution < 1.29 is 0 Å². The van der Waals surface area contributed by atoms with Crippen molar-refractivity contribution in [3.05, 3.63) is 83.7 Å². The molecule has 0 aliphatic heterocycles. The summed E-state index contributed by atoms with van der Waals surface area (Å²) in [4.78, 5) is 18.0. The third kappa shape index (κ3) is 4.25. The summed E-state index contributed by atoms with van der Waals surface area (Å²) >= 11 is 2.86. The van der Waals surface area contributed by atoms with Crippen LogP contribution in [0.2, 0.25) is 0 Å². The first-order valence-corrected chi connectivity index (χ1v) is 11.8. The van der Waals surface area contributed by atoms with Crippen molar-refractivity contribution in [3.8, 4) is 6.07 Å². The van der Waals surface area contributed by atoms with Gasteiger partial charge in [0, 0.05) is 6.54 Å². The molecule has 31 heavy (non-hydrogen) atoms. The van der Waals surface area contributed by atoms with Gasteiger partial charge in [-0.25, -0.2) is 4.98 Å². The van der Waals surface area contributed by atoms with Crippen LogP contribution in [0.5, 0.6) is 0 Å². The topological polar surface area (TPSA) is 58.7 Å². The number of nitrogens with zero attached hydrogens (tertiary/aromatic N) is 3. The largest absolute Gasteiger partial charge is 0.298 e. The number of thiazole rings is 2. The number of aryl methyl sites for hydroxylation is 2. The van der Waals surface area contributed by atoms with E-state index >= 15 is 0 Å². The Hall–Kier alpha value is -3.01. The highest BCUT2D eigenvalue weighted by Gasteiger charge is 2.15. The molecule has 0 radical (unpaired) electrons. The standard InChI is InChI=1S/C25H23N3OS2/c1-15(2)14-28-24(29)22(12-18-11-16(3)9-10-17(18)4)31-25(28)19(13-26)23-27-20-7-5-6-8-21(20)30-23/h5-12,15H,14H2,1-4H3. The zero-order valence-electron chi connectivity index (χ0n) is 18.0. The Balaban J connectivity index is 2.03. The van der Waals surface area contributed by atoms with E-state index in [4.69, 9.17) is 0 Å². The number of nitriles is 1. The molecule has 0 aliphatic rings. The van der Waals surface area contributed by atoms with Gasteiger partial charge in [0.15, 0.2) is 0 Å². The molecule has 0 aliphatic carbocycles. The fraction of sp³-hybridized carbons (Fsp3) is 0.240. The van der Waals surface area contributed by atoms with Crippen molar-refractivity contribution in [3.63, 3.8) is 0 Å². The van der Waals surface area contributed by atoms with Crippen LogP contribution in [0, 0.1) is 31.1 Å². The highest BCUT2D eigenvalue weighted by atomic mass is 32.1. The second kappa shape index (κ2) is 8.62. The Labute approximate surface area is 189 Å². The second-order valence-corrected chi connectivity index (χ2v) is 10.1. The molecule has 2 aromatic heterocycles. The summed E-state index contributed by atoms with van der Waals surface area (Å²) in [7, 11) is 0. The van der Waals surface area contributed by atoms with E-state index in [9.17, 15) is 10.1 Å². The summed E-state index contributed by atoms with van der Waals surface area (Å²) in [6.07, 6.45) is 1.95. The highest BCUT2D eigenvalue weighted by Crippen LogP contribution is 2.25. The highest BCUT2D eigenvalue weighted by molar-refractivity contribution is 7.19. The van der Waals surface area contributed by atoms with Gasteiger partial charge in [-0.05, 0) is 49.1 Å². The Morgan fingerprint density at radius 3 is 2.68 bits per heavy atom. The maximum Gasteiger partial charge on any atom is 0.269 e. The SMILES string of the molecule is Cc1ccc(C)c(C=c2sc(=C(C#N)c3nc4ccccc4s3)n(CC(C)C)c2=O)c1. The van der Waals surface area contributed by atoms with E-state index in [0.29, 0.717) is 26.3 Å². The molecule has 0 saturated carbocycles. The molecular formula is C25H23N3OS2. The van der Waals surface area contributed by atoms with Gasteiger partial charge in [-0.1, -0.05) is 49.7 Å². The Bertz CT molecular complexity index is 1460. The Morgan fingerprint density at radius 1 is 1.19 bits per heavy atom. The van der Waals surface area contributed by atoms with Gasteiger partial charge < -0.3 is 0 Å². The fourth-order valence-corrected chi connectivity index (χ4v) is 5.59. The van der Waals surface area contributed by atoms with E-state index in [1.807, 2.05) is 44.2 Å². The van der Waals surface area contributed by atoms with Gasteiger partial charge in [0.25, 0.3) is 5.56 Å². The van der Waals surface area contributed by atoms with Crippen molar-refractivity contribution in [1.82, 2.24) is 9.55 Å². The summed E-state index contributed by atoms with van der Waals surface area (Å²) in [5, 5.41) is 10.7. The fourth-order valence-electron chi connectivity index (χ4n) is 3.46. The van der Waals surface area contributed by atoms with E-state index < -0.39 is 0 Å². The van der Waals surface area contributed by atoms with Crippen molar-refractivity contribution >= 4 is 44.5 Å². The molecular weight excluding hydrogens is 422 g/mol. The molecule has 156 valence electrons. The number of benzene rings is 2. The smallest absolute Gasteiger partial charge is 0.269 e. The first kappa shape index (κ1) is 21.2. The van der Waals surface area contributed by atoms with Gasteiger partial charge in [-0.3, -0.25) is 9.36 Å². The average molecular weight is 446 g/mol. The third-order valence-corrected chi connectivity index (χ3v) is 7.19. The number of hydrogen-bond acceptors (Lipinski definition) is 5. The molecule has 2 heterocycles. The molecule has 2 aromatic carbocycles. The lowest BCUT2D eigenvalue weighted by atomic mass is 10.1. The van der Waals surface area contributed by atoms with Crippen molar-refractivity contribution in [1.29, 1.82) is 5.26 Å². The van der Waals surface area contributed by atoms with Gasteiger partial charge in [-0.2, -0.15) is 5.26 Å². The summed E-state index contributed by atoms with van der Waals surface area (Å²) in [6.45, 7) is 8.79. The van der Waals surface area contributed by atoms with Gasteiger partial charge in [0.05, 0.1) is 14.7 Å². The van der Waals surface area contributed by atoms with Gasteiger partial charge in [-0.15, -0.1) is 22.7 Å². The van der Waals surface area contributed by atoms with E-state index in [1.54, 1.807) is 4.57 Å². The molecule has 6 heteroatoms. The van der Waals surface area contributed by atoms with Crippen LogP contribution in [0.1, 0.15) is 35.5 Å². The minimum absolute atomic E-state index is 0.0523. The van der Waals surface area contributed by atoms with E-state index in [0.717, 1.165) is 26.9 Å². The lowest BCUT2D eigenvalue weighted by Crippen LogP contribution is -2.33. The van der Waals surface area contributed by atoms with Crippen molar-refractivity contribution in [2.24, 2.45) is 5.92 Å². The predicted octanol–water partition coefficient (Wildman–Crippen LogP) is 4.34. The minimum atomic E-state index is -0.0523. The van der Waals surface area contributed by atoms with Gasteiger partial charge in [0.2, 0.25) is 0 Å². The van der Waals surface area contributed by atoms with Crippen molar-refractivity contribution in [2.45, 2.75) is 34.2 Å². The molecule has 0 amide bonds. The summed E-state index contributed by atoms with van der Waals surface area (Å²) < 4.78 is 4.09. The van der Waals surface area contributed by atoms with Crippen LogP contribution in [0.15, 0.2) is 47.3 Å². The molecule has 0 saturated heterocycles. The molecule has 0 atom stereocenters. The van der Waals surface area contributed by atoms with Crippen LogP contribution in [0.3, 0.4) is 0 Å². The zero-order chi connectivity index (χ0) is 22.1. The number of rotatable bonds is 4. The maximum atomic E-state index is 13.4. The zero-order valence-corrected chi connectivity index (χ0v) is 19.6. The number of fused-ring (bicyclic) bond motifs is 1.